The highest BCUT2D eigenvalue weighted by atomic mass is 32.2. The number of carbonyl (C=O) groups excluding carboxylic acids is 1. The van der Waals surface area contributed by atoms with E-state index in [4.69, 9.17) is 5.11 Å². The van der Waals surface area contributed by atoms with E-state index >= 15 is 0 Å². The van der Waals surface area contributed by atoms with Crippen molar-refractivity contribution < 1.29 is 23.1 Å². The molecule has 0 bridgehead atoms. The lowest BCUT2D eigenvalue weighted by molar-refractivity contribution is -0.146. The number of rotatable bonds is 8. The highest BCUT2D eigenvalue weighted by molar-refractivity contribution is 7.89. The van der Waals surface area contributed by atoms with Gasteiger partial charge in [0, 0.05) is 19.6 Å². The third-order valence-corrected chi connectivity index (χ3v) is 6.49. The highest BCUT2D eigenvalue weighted by Gasteiger charge is 2.34. The summed E-state index contributed by atoms with van der Waals surface area (Å²) in [5.41, 5.74) is 1.02. The summed E-state index contributed by atoms with van der Waals surface area (Å²) < 4.78 is 25.5. The van der Waals surface area contributed by atoms with E-state index in [1.165, 1.54) is 9.21 Å². The van der Waals surface area contributed by atoms with E-state index in [0.717, 1.165) is 5.56 Å². The molecule has 0 radical (unpaired) electrons. The number of hydrogen-bond donors (Lipinski definition) is 1. The summed E-state index contributed by atoms with van der Waals surface area (Å²) in [7, 11) is -3.35. The van der Waals surface area contributed by atoms with Crippen molar-refractivity contribution in [2.45, 2.75) is 26.2 Å². The maximum absolute atomic E-state index is 12.9. The van der Waals surface area contributed by atoms with Gasteiger partial charge in [0.2, 0.25) is 15.9 Å². The Morgan fingerprint density at radius 2 is 1.96 bits per heavy atom. The van der Waals surface area contributed by atoms with Crippen LogP contribution < -0.4 is 0 Å². The molecule has 1 aromatic carbocycles. The molecule has 0 saturated carbocycles. The fourth-order valence-electron chi connectivity index (χ4n) is 3.18. The first-order valence-electron chi connectivity index (χ1n) is 8.86. The first kappa shape index (κ1) is 20.4. The van der Waals surface area contributed by atoms with Gasteiger partial charge in [0.1, 0.15) is 6.54 Å². The van der Waals surface area contributed by atoms with Crippen LogP contribution >= 0.6 is 0 Å². The molecule has 1 unspecified atom stereocenters. The van der Waals surface area contributed by atoms with E-state index in [0.29, 0.717) is 32.4 Å². The van der Waals surface area contributed by atoms with Crippen molar-refractivity contribution in [3.63, 3.8) is 0 Å². The lowest BCUT2D eigenvalue weighted by Gasteiger charge is -2.33. The van der Waals surface area contributed by atoms with Crippen LogP contribution in [0.5, 0.6) is 0 Å². The van der Waals surface area contributed by atoms with Gasteiger partial charge in [-0.05, 0) is 31.7 Å². The van der Waals surface area contributed by atoms with Crippen LogP contribution in [-0.4, -0.2) is 66.5 Å². The molecule has 1 fully saturated rings. The monoisotopic (exact) mass is 382 g/mol. The predicted octanol–water partition coefficient (Wildman–Crippen LogP) is 1.20. The number of nitrogens with zero attached hydrogens (tertiary/aromatic N) is 2. The Bertz CT molecular complexity index is 720. The van der Waals surface area contributed by atoms with Crippen molar-refractivity contribution in [3.8, 4) is 0 Å². The van der Waals surface area contributed by atoms with Crippen LogP contribution in [-0.2, 0) is 26.0 Å². The molecule has 8 heteroatoms. The third kappa shape index (κ3) is 5.54. The minimum absolute atomic E-state index is 0.000752. The number of carboxylic acid groups (broad SMARTS) is 1. The lowest BCUT2D eigenvalue weighted by Crippen LogP contribution is -2.48. The van der Waals surface area contributed by atoms with Gasteiger partial charge in [0.15, 0.2) is 0 Å². The molecule has 0 aliphatic carbocycles. The normalized spacial score (nSPS) is 18.4. The third-order valence-electron chi connectivity index (χ3n) is 4.64. The molecule has 144 valence electrons. The molecule has 1 amide bonds. The zero-order chi connectivity index (χ0) is 19.2. The van der Waals surface area contributed by atoms with Crippen molar-refractivity contribution in [2.24, 2.45) is 5.92 Å². The number of benzene rings is 1. The summed E-state index contributed by atoms with van der Waals surface area (Å²) in [6.07, 6.45) is 1.74. The summed E-state index contributed by atoms with van der Waals surface area (Å²) in [6, 6.07) is 9.55. The Kier molecular flexibility index (Phi) is 7.16. The first-order chi connectivity index (χ1) is 12.3. The standard InChI is InChI=1S/C18H26N2O5S/c1-2-26(24,25)20-11-6-9-16(13-20)18(23)19(14-17(21)22)12-10-15-7-4-3-5-8-15/h3-5,7-8,16H,2,6,9-14H2,1H3,(H,21,22). The van der Waals surface area contributed by atoms with Gasteiger partial charge in [-0.1, -0.05) is 30.3 Å². The topological polar surface area (TPSA) is 95.0 Å². The van der Waals surface area contributed by atoms with Gasteiger partial charge >= 0.3 is 5.97 Å². The summed E-state index contributed by atoms with van der Waals surface area (Å²) in [6.45, 7) is 2.06. The average molecular weight is 382 g/mol. The highest BCUT2D eigenvalue weighted by Crippen LogP contribution is 2.21. The number of carboxylic acids is 1. The van der Waals surface area contributed by atoms with E-state index in [1.54, 1.807) is 6.92 Å². The SMILES string of the molecule is CCS(=O)(=O)N1CCCC(C(=O)N(CCc2ccccc2)CC(=O)O)C1. The Morgan fingerprint density at radius 1 is 1.27 bits per heavy atom. The molecule has 1 aliphatic rings. The van der Waals surface area contributed by atoms with Crippen molar-refractivity contribution >= 4 is 21.9 Å². The molecule has 1 aromatic rings. The molecular formula is C18H26N2O5S. The van der Waals surface area contributed by atoms with Crippen LogP contribution in [0.2, 0.25) is 0 Å². The largest absolute Gasteiger partial charge is 0.480 e. The number of piperidine rings is 1. The van der Waals surface area contributed by atoms with E-state index in [1.807, 2.05) is 30.3 Å². The Labute approximate surface area is 154 Å². The minimum Gasteiger partial charge on any atom is -0.480 e. The Morgan fingerprint density at radius 3 is 2.58 bits per heavy atom. The maximum Gasteiger partial charge on any atom is 0.323 e. The van der Waals surface area contributed by atoms with Crippen LogP contribution in [0.3, 0.4) is 0 Å². The van der Waals surface area contributed by atoms with Gasteiger partial charge in [-0.2, -0.15) is 0 Å². The molecule has 0 spiro atoms. The molecule has 0 aromatic heterocycles. The van der Waals surface area contributed by atoms with Crippen LogP contribution in [0.25, 0.3) is 0 Å². The number of sulfonamides is 1. The second-order valence-electron chi connectivity index (χ2n) is 6.49. The van der Waals surface area contributed by atoms with Gasteiger partial charge in [-0.15, -0.1) is 0 Å². The van der Waals surface area contributed by atoms with Crippen molar-refractivity contribution in [2.75, 3.05) is 31.9 Å². The van der Waals surface area contributed by atoms with Crippen molar-refractivity contribution in [1.29, 1.82) is 0 Å². The minimum atomic E-state index is -3.35. The summed E-state index contributed by atoms with van der Waals surface area (Å²) in [5, 5.41) is 9.15. The van der Waals surface area contributed by atoms with Crippen molar-refractivity contribution in [3.05, 3.63) is 35.9 Å². The summed E-state index contributed by atoms with van der Waals surface area (Å²) >= 11 is 0. The molecular weight excluding hydrogens is 356 g/mol. The van der Waals surface area contributed by atoms with E-state index in [9.17, 15) is 18.0 Å². The quantitative estimate of drug-likeness (QED) is 0.729. The molecule has 1 aliphatic heterocycles. The van der Waals surface area contributed by atoms with Gasteiger partial charge in [-0.25, -0.2) is 12.7 Å². The van der Waals surface area contributed by atoms with E-state index in [-0.39, 0.29) is 24.7 Å². The molecule has 1 N–H and O–H groups in total. The molecule has 26 heavy (non-hydrogen) atoms. The number of carbonyl (C=O) groups is 2. The molecule has 1 saturated heterocycles. The van der Waals surface area contributed by atoms with Crippen LogP contribution in [0.15, 0.2) is 30.3 Å². The summed E-state index contributed by atoms with van der Waals surface area (Å²) in [4.78, 5) is 25.4. The smallest absolute Gasteiger partial charge is 0.323 e. The van der Waals surface area contributed by atoms with E-state index < -0.39 is 21.9 Å². The van der Waals surface area contributed by atoms with Crippen LogP contribution in [0, 0.1) is 5.92 Å². The van der Waals surface area contributed by atoms with E-state index in [2.05, 4.69) is 0 Å². The van der Waals surface area contributed by atoms with Gasteiger partial charge in [0.25, 0.3) is 0 Å². The fourth-order valence-corrected chi connectivity index (χ4v) is 4.36. The zero-order valence-electron chi connectivity index (χ0n) is 15.0. The van der Waals surface area contributed by atoms with Gasteiger partial charge in [-0.3, -0.25) is 9.59 Å². The van der Waals surface area contributed by atoms with Gasteiger partial charge in [0.05, 0.1) is 11.7 Å². The predicted molar refractivity (Wildman–Crippen MR) is 98.1 cm³/mol. The Hall–Kier alpha value is -1.93. The lowest BCUT2D eigenvalue weighted by atomic mass is 9.97. The first-order valence-corrected chi connectivity index (χ1v) is 10.5. The Balaban J connectivity index is 2.06. The second-order valence-corrected chi connectivity index (χ2v) is 8.74. The van der Waals surface area contributed by atoms with Crippen LogP contribution in [0.4, 0.5) is 0 Å². The number of hydrogen-bond acceptors (Lipinski definition) is 4. The fraction of sp³-hybridized carbons (Fsp3) is 0.556. The molecule has 7 nitrogen and oxygen atoms in total. The van der Waals surface area contributed by atoms with Crippen LogP contribution in [0.1, 0.15) is 25.3 Å². The maximum atomic E-state index is 12.9. The average Bonchev–Trinajstić information content (AvgIpc) is 2.65. The number of amides is 1. The molecule has 1 heterocycles. The molecule has 1 atom stereocenters. The summed E-state index contributed by atoms with van der Waals surface area (Å²) in [5.74, 6) is -1.83. The molecule has 2 rings (SSSR count). The number of aliphatic carboxylic acids is 1. The van der Waals surface area contributed by atoms with Crippen molar-refractivity contribution in [1.82, 2.24) is 9.21 Å². The van der Waals surface area contributed by atoms with Gasteiger partial charge < -0.3 is 10.0 Å². The second kappa shape index (κ2) is 9.14. The zero-order valence-corrected chi connectivity index (χ0v) is 15.8.